The number of hydrogen-bond donors (Lipinski definition) is 3. The summed E-state index contributed by atoms with van der Waals surface area (Å²) in [6.07, 6.45) is 0.791. The van der Waals surface area contributed by atoms with Crippen LogP contribution in [0.1, 0.15) is 66.1 Å². The molecule has 2 aromatic rings. The molecule has 8 nitrogen and oxygen atoms in total. The normalized spacial score (nSPS) is 12.9. The van der Waals surface area contributed by atoms with Crippen molar-refractivity contribution in [2.45, 2.75) is 52.6 Å². The Morgan fingerprint density at radius 3 is 2.56 bits per heavy atom. The molecule has 0 fully saturated rings. The lowest BCUT2D eigenvalue weighted by Gasteiger charge is -2.26. The second-order valence-electron chi connectivity index (χ2n) is 9.27. The first-order valence-corrected chi connectivity index (χ1v) is 11.1. The monoisotopic (exact) mass is 532 g/mol. The van der Waals surface area contributed by atoms with E-state index < -0.39 is 12.6 Å². The summed E-state index contributed by atoms with van der Waals surface area (Å²) in [6, 6.07) is 7.49. The van der Waals surface area contributed by atoms with Crippen LogP contribution >= 0.6 is 17.0 Å². The van der Waals surface area contributed by atoms with E-state index in [-0.39, 0.29) is 40.6 Å². The van der Waals surface area contributed by atoms with Crippen LogP contribution in [-0.2, 0) is 29.7 Å². The Balaban J connectivity index is 0.00000408. The van der Waals surface area contributed by atoms with Crippen molar-refractivity contribution in [2.24, 2.45) is 0 Å². The van der Waals surface area contributed by atoms with Gasteiger partial charge in [0.25, 0.3) is 0 Å². The Hall–Kier alpha value is -2.78. The summed E-state index contributed by atoms with van der Waals surface area (Å²) in [5, 5.41) is 20.7. The number of halogens is 1. The fraction of sp³-hybridized carbons (Fsp3) is 0.440. The molecule has 0 radical (unpaired) electrons. The van der Waals surface area contributed by atoms with Gasteiger partial charge in [-0.1, -0.05) is 33.8 Å². The van der Waals surface area contributed by atoms with Crippen LogP contribution in [0, 0.1) is 5.41 Å². The van der Waals surface area contributed by atoms with Crippen LogP contribution in [0.15, 0.2) is 24.3 Å². The van der Waals surface area contributed by atoms with Crippen molar-refractivity contribution in [1.29, 1.82) is 5.41 Å². The summed E-state index contributed by atoms with van der Waals surface area (Å²) >= 11 is 0. The number of benzene rings is 1. The second kappa shape index (κ2) is 11.1. The Bertz CT molecular complexity index is 1100. The van der Waals surface area contributed by atoms with E-state index in [1.807, 2.05) is 39.8 Å². The summed E-state index contributed by atoms with van der Waals surface area (Å²) in [6.45, 7) is 8.52. The van der Waals surface area contributed by atoms with Crippen molar-refractivity contribution in [2.75, 3.05) is 20.2 Å². The zero-order chi connectivity index (χ0) is 24.3. The molecule has 0 unspecified atom stereocenters. The number of ketones is 1. The number of carboxylic acid groups (broad SMARTS) is 1. The van der Waals surface area contributed by atoms with Crippen molar-refractivity contribution < 1.29 is 19.4 Å². The molecule has 3 N–H and O–H groups in total. The van der Waals surface area contributed by atoms with Gasteiger partial charge in [-0.3, -0.25) is 10.2 Å². The number of carboxylic acids is 1. The van der Waals surface area contributed by atoms with Gasteiger partial charge < -0.3 is 20.1 Å². The Morgan fingerprint density at radius 1 is 1.26 bits per heavy atom. The lowest BCUT2D eigenvalue weighted by Crippen LogP contribution is -2.31. The van der Waals surface area contributed by atoms with Gasteiger partial charge in [-0.2, -0.15) is 0 Å². The highest BCUT2D eigenvalue weighted by molar-refractivity contribution is 8.93. The lowest BCUT2D eigenvalue weighted by atomic mass is 9.83. The van der Waals surface area contributed by atoms with Gasteiger partial charge in [-0.05, 0) is 37.1 Å². The molecule has 3 rings (SSSR count). The maximum atomic E-state index is 13.3. The van der Waals surface area contributed by atoms with Crippen LogP contribution in [0.5, 0.6) is 5.75 Å². The summed E-state index contributed by atoms with van der Waals surface area (Å²) in [5.74, 6) is -0.414. The molecule has 1 aliphatic heterocycles. The quantitative estimate of drug-likeness (QED) is 0.421. The van der Waals surface area contributed by atoms with Gasteiger partial charge in [0.1, 0.15) is 17.3 Å². The SMILES string of the molecule is Br.CCc1ccc2c(n1)C(=N)N(CC(=O)c1cc(CNC)c(OCC(=O)O)c(C(C)(C)C)c1)C2. The molecule has 0 aliphatic carbocycles. The molecule has 184 valence electrons. The highest BCUT2D eigenvalue weighted by Gasteiger charge is 2.29. The number of nitrogens with zero attached hydrogens (tertiary/aromatic N) is 2. The average molecular weight is 533 g/mol. The zero-order valence-electron chi connectivity index (χ0n) is 20.3. The Kier molecular flexibility index (Phi) is 8.96. The topological polar surface area (TPSA) is 116 Å². The molecular weight excluding hydrogens is 500 g/mol. The van der Waals surface area contributed by atoms with Crippen molar-refractivity contribution >= 4 is 34.6 Å². The number of aromatic nitrogens is 1. The van der Waals surface area contributed by atoms with Crippen LogP contribution in [-0.4, -0.2) is 52.8 Å². The largest absolute Gasteiger partial charge is 0.481 e. The van der Waals surface area contributed by atoms with E-state index in [9.17, 15) is 9.59 Å². The van der Waals surface area contributed by atoms with E-state index >= 15 is 0 Å². The van der Waals surface area contributed by atoms with E-state index in [4.69, 9.17) is 15.3 Å². The molecule has 34 heavy (non-hydrogen) atoms. The van der Waals surface area contributed by atoms with Crippen molar-refractivity contribution in [3.05, 3.63) is 57.9 Å². The molecule has 0 bridgehead atoms. The number of Topliss-reactive ketones (excluding diaryl/α,β-unsaturated/α-hetero) is 1. The standard InChI is InChI=1S/C25H32N4O4.BrH/c1-6-18-8-7-15-12-29(24(26)22(15)28-18)13-20(30)16-9-17(11-27-5)23(33-14-21(31)32)19(10-16)25(2,3)4;/h7-10,26-27H,6,11-14H2,1-5H3,(H,31,32);1H. The number of amidine groups is 1. The molecule has 0 saturated carbocycles. The molecule has 0 spiro atoms. The van der Waals surface area contributed by atoms with E-state index in [0.717, 1.165) is 28.8 Å². The number of pyridine rings is 1. The van der Waals surface area contributed by atoms with E-state index in [1.54, 1.807) is 24.1 Å². The molecule has 1 aliphatic rings. The Morgan fingerprint density at radius 2 is 1.97 bits per heavy atom. The molecule has 9 heteroatoms. The average Bonchev–Trinajstić information content (AvgIpc) is 3.06. The van der Waals surface area contributed by atoms with Crippen molar-refractivity contribution in [3.63, 3.8) is 0 Å². The van der Waals surface area contributed by atoms with Crippen molar-refractivity contribution in [1.82, 2.24) is 15.2 Å². The van der Waals surface area contributed by atoms with Crippen LogP contribution in [0.25, 0.3) is 0 Å². The first-order valence-electron chi connectivity index (χ1n) is 11.1. The number of carbonyl (C=O) groups excluding carboxylic acids is 1. The number of ether oxygens (including phenoxy) is 1. The van der Waals surface area contributed by atoms with Gasteiger partial charge in [-0.15, -0.1) is 17.0 Å². The van der Waals surface area contributed by atoms with Gasteiger partial charge in [0.2, 0.25) is 0 Å². The maximum Gasteiger partial charge on any atom is 0.341 e. The van der Waals surface area contributed by atoms with Crippen molar-refractivity contribution in [3.8, 4) is 5.75 Å². The number of fused-ring (bicyclic) bond motifs is 1. The molecule has 0 amide bonds. The summed E-state index contributed by atoms with van der Waals surface area (Å²) in [4.78, 5) is 30.7. The summed E-state index contributed by atoms with van der Waals surface area (Å²) in [7, 11) is 1.78. The minimum absolute atomic E-state index is 0. The minimum atomic E-state index is -1.06. The molecule has 2 heterocycles. The number of rotatable bonds is 9. The fourth-order valence-corrected chi connectivity index (χ4v) is 3.93. The van der Waals surface area contributed by atoms with Crippen LogP contribution in [0.3, 0.4) is 0 Å². The van der Waals surface area contributed by atoms with E-state index in [1.165, 1.54) is 0 Å². The van der Waals surface area contributed by atoms with E-state index in [2.05, 4.69) is 10.3 Å². The smallest absolute Gasteiger partial charge is 0.341 e. The Labute approximate surface area is 211 Å². The number of carbonyl (C=O) groups is 2. The predicted molar refractivity (Wildman–Crippen MR) is 137 cm³/mol. The minimum Gasteiger partial charge on any atom is -0.481 e. The highest BCUT2D eigenvalue weighted by atomic mass is 79.9. The van der Waals surface area contributed by atoms with Gasteiger partial charge in [0.05, 0.1) is 6.54 Å². The van der Waals surface area contributed by atoms with E-state index in [0.29, 0.717) is 30.1 Å². The maximum absolute atomic E-state index is 13.3. The number of nitrogens with one attached hydrogen (secondary N) is 2. The van der Waals surface area contributed by atoms with Gasteiger partial charge in [0, 0.05) is 41.0 Å². The highest BCUT2D eigenvalue weighted by Crippen LogP contribution is 2.36. The van der Waals surface area contributed by atoms with Gasteiger partial charge >= 0.3 is 5.97 Å². The van der Waals surface area contributed by atoms with Crippen LogP contribution < -0.4 is 10.1 Å². The van der Waals surface area contributed by atoms with Crippen LogP contribution in [0.2, 0.25) is 0 Å². The number of aryl methyl sites for hydroxylation is 1. The zero-order valence-corrected chi connectivity index (χ0v) is 22.0. The van der Waals surface area contributed by atoms with Crippen LogP contribution in [0.4, 0.5) is 0 Å². The molecule has 1 aromatic heterocycles. The van der Waals surface area contributed by atoms with Gasteiger partial charge in [-0.25, -0.2) is 9.78 Å². The number of hydrogen-bond acceptors (Lipinski definition) is 6. The third kappa shape index (κ3) is 6.01. The first-order chi connectivity index (χ1) is 15.5. The number of aliphatic carboxylic acids is 1. The van der Waals surface area contributed by atoms with Gasteiger partial charge in [0.15, 0.2) is 12.4 Å². The lowest BCUT2D eigenvalue weighted by molar-refractivity contribution is -0.139. The first kappa shape index (κ1) is 27.5. The summed E-state index contributed by atoms with van der Waals surface area (Å²) in [5.41, 5.74) is 4.16. The molecule has 0 saturated heterocycles. The molecule has 1 aromatic carbocycles. The second-order valence-corrected chi connectivity index (χ2v) is 9.27. The fourth-order valence-electron chi connectivity index (χ4n) is 3.93. The third-order valence-electron chi connectivity index (χ3n) is 5.64. The molecular formula is C25H33BrN4O4. The third-order valence-corrected chi connectivity index (χ3v) is 5.64. The molecule has 0 atom stereocenters. The predicted octanol–water partition coefficient (Wildman–Crippen LogP) is 3.73. The summed E-state index contributed by atoms with van der Waals surface area (Å²) < 4.78 is 5.65.